The SMILES string of the molecule is COC(=O)C(=O)/C(C(=O)OC)=C1\C(=O)Nc2ccc([N+](=O)[O-])cc21. The topological polar surface area (TPSA) is 142 Å². The molecule has 1 amide bonds. The van der Waals surface area contributed by atoms with Crippen LogP contribution < -0.4 is 5.32 Å². The number of hydrogen-bond acceptors (Lipinski definition) is 8. The van der Waals surface area contributed by atoms with Crippen LogP contribution in [0.3, 0.4) is 0 Å². The van der Waals surface area contributed by atoms with E-state index in [1.807, 2.05) is 0 Å². The number of nitrogens with zero attached hydrogens (tertiary/aromatic N) is 1. The van der Waals surface area contributed by atoms with Gasteiger partial charge in [0.05, 0.1) is 24.7 Å². The van der Waals surface area contributed by atoms with Gasteiger partial charge in [-0.3, -0.25) is 19.7 Å². The highest BCUT2D eigenvalue weighted by Gasteiger charge is 2.38. The van der Waals surface area contributed by atoms with Crippen LogP contribution in [-0.2, 0) is 28.7 Å². The fourth-order valence-corrected chi connectivity index (χ4v) is 2.12. The minimum atomic E-state index is -1.39. The van der Waals surface area contributed by atoms with E-state index in [9.17, 15) is 29.3 Å². The second kappa shape index (κ2) is 6.28. The minimum Gasteiger partial charge on any atom is -0.465 e. The zero-order valence-corrected chi connectivity index (χ0v) is 12.4. The molecule has 1 aromatic carbocycles. The van der Waals surface area contributed by atoms with Gasteiger partial charge in [0, 0.05) is 23.4 Å². The molecule has 0 atom stereocenters. The highest BCUT2D eigenvalue weighted by atomic mass is 16.6. The Morgan fingerprint density at radius 1 is 1.12 bits per heavy atom. The first-order valence-electron chi connectivity index (χ1n) is 6.37. The van der Waals surface area contributed by atoms with Gasteiger partial charge in [0.15, 0.2) is 0 Å². The highest BCUT2D eigenvalue weighted by Crippen LogP contribution is 2.36. The molecule has 0 aromatic heterocycles. The number of Topliss-reactive ketones (excluding diaryl/α,β-unsaturated/α-hetero) is 1. The standard InChI is InChI=1S/C14H10N2O8/c1-23-13(19)10(11(17)14(20)24-2)9-7-5-6(16(21)22)3-4-8(7)15-12(9)18/h3-5H,1-2H3,(H,15,18)/b10-9+. The number of carbonyl (C=O) groups is 4. The number of nitro benzene ring substituents is 1. The van der Waals surface area contributed by atoms with Gasteiger partial charge in [-0.15, -0.1) is 0 Å². The van der Waals surface area contributed by atoms with Crippen LogP contribution in [0.2, 0.25) is 0 Å². The fraction of sp³-hybridized carbons (Fsp3) is 0.143. The first-order valence-corrected chi connectivity index (χ1v) is 6.37. The molecule has 0 saturated carbocycles. The Morgan fingerprint density at radius 3 is 2.29 bits per heavy atom. The number of non-ortho nitro benzene ring substituents is 1. The number of nitrogens with one attached hydrogen (secondary N) is 1. The van der Waals surface area contributed by atoms with Gasteiger partial charge in [0.2, 0.25) is 0 Å². The summed E-state index contributed by atoms with van der Waals surface area (Å²) in [6.45, 7) is 0. The number of rotatable bonds is 4. The molecular weight excluding hydrogens is 324 g/mol. The molecule has 10 heteroatoms. The molecule has 0 spiro atoms. The number of fused-ring (bicyclic) bond motifs is 1. The number of ketones is 1. The molecule has 0 fully saturated rings. The molecule has 1 N–H and O–H groups in total. The Bertz CT molecular complexity index is 824. The van der Waals surface area contributed by atoms with E-state index in [-0.39, 0.29) is 16.9 Å². The second-order valence-corrected chi connectivity index (χ2v) is 4.50. The zero-order chi connectivity index (χ0) is 18.0. The quantitative estimate of drug-likeness (QED) is 0.157. The third-order valence-corrected chi connectivity index (χ3v) is 3.20. The van der Waals surface area contributed by atoms with Crippen molar-refractivity contribution in [3.63, 3.8) is 0 Å². The van der Waals surface area contributed by atoms with Crippen LogP contribution >= 0.6 is 0 Å². The largest absolute Gasteiger partial charge is 0.465 e. The van der Waals surface area contributed by atoms with Crippen molar-refractivity contribution in [2.75, 3.05) is 19.5 Å². The molecule has 10 nitrogen and oxygen atoms in total. The number of amides is 1. The van der Waals surface area contributed by atoms with E-state index in [2.05, 4.69) is 14.8 Å². The summed E-state index contributed by atoms with van der Waals surface area (Å²) in [4.78, 5) is 57.8. The van der Waals surface area contributed by atoms with E-state index in [1.54, 1.807) is 0 Å². The second-order valence-electron chi connectivity index (χ2n) is 4.50. The minimum absolute atomic E-state index is 0.0631. The molecule has 0 bridgehead atoms. The first kappa shape index (κ1) is 16.8. The van der Waals surface area contributed by atoms with Crippen LogP contribution in [0.15, 0.2) is 23.8 Å². The van der Waals surface area contributed by atoms with Crippen LogP contribution in [0.5, 0.6) is 0 Å². The Morgan fingerprint density at radius 2 is 1.75 bits per heavy atom. The lowest BCUT2D eigenvalue weighted by molar-refractivity contribution is -0.384. The summed E-state index contributed by atoms with van der Waals surface area (Å²) >= 11 is 0. The van der Waals surface area contributed by atoms with Gasteiger partial charge < -0.3 is 14.8 Å². The summed E-state index contributed by atoms with van der Waals surface area (Å²) in [5.74, 6) is -4.89. The van der Waals surface area contributed by atoms with Crippen LogP contribution in [0, 0.1) is 10.1 Å². The van der Waals surface area contributed by atoms with Crippen molar-refractivity contribution in [2.24, 2.45) is 0 Å². The zero-order valence-electron chi connectivity index (χ0n) is 12.4. The molecule has 24 heavy (non-hydrogen) atoms. The predicted octanol–water partition coefficient (Wildman–Crippen LogP) is 0.216. The molecule has 0 saturated heterocycles. The highest BCUT2D eigenvalue weighted by molar-refractivity contribution is 6.53. The maximum atomic E-state index is 12.1. The van der Waals surface area contributed by atoms with Crippen LogP contribution in [-0.4, -0.2) is 42.8 Å². The number of nitro groups is 1. The first-order chi connectivity index (χ1) is 11.3. The Kier molecular flexibility index (Phi) is 4.40. The van der Waals surface area contributed by atoms with Crippen LogP contribution in [0.25, 0.3) is 5.57 Å². The Labute approximate surface area is 134 Å². The average Bonchev–Trinajstić information content (AvgIpc) is 2.89. The third kappa shape index (κ3) is 2.72. The van der Waals surface area contributed by atoms with E-state index in [4.69, 9.17) is 0 Å². The van der Waals surface area contributed by atoms with E-state index >= 15 is 0 Å². The maximum Gasteiger partial charge on any atom is 0.379 e. The van der Waals surface area contributed by atoms with E-state index in [0.29, 0.717) is 0 Å². The molecule has 2 rings (SSSR count). The van der Waals surface area contributed by atoms with Gasteiger partial charge in [-0.05, 0) is 6.07 Å². The number of hydrogen-bond donors (Lipinski definition) is 1. The Hall–Kier alpha value is -3.56. The Balaban J connectivity index is 2.76. The number of methoxy groups -OCH3 is 2. The van der Waals surface area contributed by atoms with Crippen LogP contribution in [0.1, 0.15) is 5.56 Å². The normalized spacial score (nSPS) is 14.3. The number of ether oxygens (including phenoxy) is 2. The maximum absolute atomic E-state index is 12.1. The van der Waals surface area contributed by atoms with Crippen molar-refractivity contribution in [2.45, 2.75) is 0 Å². The molecule has 1 aromatic rings. The van der Waals surface area contributed by atoms with Gasteiger partial charge in [-0.2, -0.15) is 0 Å². The summed E-state index contributed by atoms with van der Waals surface area (Å²) in [6.07, 6.45) is 0. The summed E-state index contributed by atoms with van der Waals surface area (Å²) < 4.78 is 8.70. The van der Waals surface area contributed by atoms with E-state index in [0.717, 1.165) is 26.4 Å². The molecule has 0 unspecified atom stereocenters. The summed E-state index contributed by atoms with van der Waals surface area (Å²) in [6, 6.07) is 3.40. The van der Waals surface area contributed by atoms with E-state index < -0.39 is 39.7 Å². The number of anilines is 1. The average molecular weight is 334 g/mol. The lowest BCUT2D eigenvalue weighted by Gasteiger charge is -2.06. The molecule has 0 aliphatic carbocycles. The number of benzene rings is 1. The lowest BCUT2D eigenvalue weighted by Crippen LogP contribution is -2.26. The van der Waals surface area contributed by atoms with Gasteiger partial charge in [0.25, 0.3) is 17.4 Å². The summed E-state index contributed by atoms with van der Waals surface area (Å²) in [5, 5.41) is 13.2. The molecule has 1 aliphatic heterocycles. The molecular formula is C14H10N2O8. The molecule has 0 radical (unpaired) electrons. The van der Waals surface area contributed by atoms with Gasteiger partial charge in [-0.1, -0.05) is 0 Å². The van der Waals surface area contributed by atoms with Gasteiger partial charge in [0.1, 0.15) is 5.57 Å². The monoisotopic (exact) mass is 334 g/mol. The van der Waals surface area contributed by atoms with Crippen molar-refractivity contribution < 1.29 is 33.6 Å². The van der Waals surface area contributed by atoms with Gasteiger partial charge >= 0.3 is 11.9 Å². The lowest BCUT2D eigenvalue weighted by atomic mass is 9.97. The summed E-state index contributed by atoms with van der Waals surface area (Å²) in [7, 11) is 1.88. The van der Waals surface area contributed by atoms with Crippen molar-refractivity contribution in [3.8, 4) is 0 Å². The molecule has 1 heterocycles. The van der Waals surface area contributed by atoms with E-state index in [1.165, 1.54) is 6.07 Å². The summed E-state index contributed by atoms with van der Waals surface area (Å²) in [5.41, 5.74) is -1.62. The fourth-order valence-electron chi connectivity index (χ4n) is 2.12. The predicted molar refractivity (Wildman–Crippen MR) is 77.7 cm³/mol. The van der Waals surface area contributed by atoms with Crippen LogP contribution in [0.4, 0.5) is 11.4 Å². The molecule has 1 aliphatic rings. The van der Waals surface area contributed by atoms with Crippen molar-refractivity contribution >= 4 is 40.6 Å². The van der Waals surface area contributed by atoms with Crippen molar-refractivity contribution in [3.05, 3.63) is 39.4 Å². The molecule has 124 valence electrons. The number of carbonyl (C=O) groups excluding carboxylic acids is 4. The van der Waals surface area contributed by atoms with Crippen molar-refractivity contribution in [1.82, 2.24) is 0 Å². The van der Waals surface area contributed by atoms with Crippen molar-refractivity contribution in [1.29, 1.82) is 0 Å². The number of esters is 2. The van der Waals surface area contributed by atoms with Gasteiger partial charge in [-0.25, -0.2) is 9.59 Å². The smallest absolute Gasteiger partial charge is 0.379 e. The third-order valence-electron chi connectivity index (χ3n) is 3.20.